The highest BCUT2D eigenvalue weighted by Gasteiger charge is 2.14. The van der Waals surface area contributed by atoms with Crippen LogP contribution in [0.25, 0.3) is 0 Å². The van der Waals surface area contributed by atoms with Gasteiger partial charge in [0.15, 0.2) is 10.9 Å². The average molecular weight is 385 g/mol. The number of nitrogens with zero attached hydrogens (tertiary/aromatic N) is 3. The van der Waals surface area contributed by atoms with Gasteiger partial charge in [0, 0.05) is 13.0 Å². The minimum atomic E-state index is -0.514. The van der Waals surface area contributed by atoms with Crippen LogP contribution in [0.3, 0.4) is 0 Å². The Labute approximate surface area is 160 Å². The van der Waals surface area contributed by atoms with Gasteiger partial charge >= 0.3 is 5.91 Å². The number of hydrazine groups is 1. The molecule has 2 N–H and O–H groups in total. The number of benzene rings is 1. The van der Waals surface area contributed by atoms with E-state index in [0.717, 1.165) is 11.4 Å². The molecule has 2 heterocycles. The quantitative estimate of drug-likeness (QED) is 0.477. The maximum Gasteiger partial charge on any atom is 0.305 e. The van der Waals surface area contributed by atoms with Gasteiger partial charge in [-0.05, 0) is 24.6 Å². The van der Waals surface area contributed by atoms with Crippen LogP contribution in [0.1, 0.15) is 28.9 Å². The Morgan fingerprint density at radius 1 is 1.11 bits per heavy atom. The van der Waals surface area contributed by atoms with Crippen molar-refractivity contribution in [1.82, 2.24) is 25.6 Å². The smallest absolute Gasteiger partial charge is 0.305 e. The summed E-state index contributed by atoms with van der Waals surface area (Å²) in [4.78, 5) is 23.7. The first-order valence-corrected chi connectivity index (χ1v) is 9.37. The number of thioether (sulfide) groups is 1. The maximum atomic E-state index is 12.0. The van der Waals surface area contributed by atoms with Gasteiger partial charge in [0.25, 0.3) is 0 Å². The lowest BCUT2D eigenvalue weighted by molar-refractivity contribution is -0.119. The van der Waals surface area contributed by atoms with Crippen LogP contribution in [-0.2, 0) is 17.8 Å². The lowest BCUT2D eigenvalue weighted by Gasteiger charge is -2.08. The van der Waals surface area contributed by atoms with Crippen LogP contribution >= 0.6 is 11.8 Å². The first kappa shape index (κ1) is 18.7. The molecule has 0 unspecified atom stereocenters. The Bertz CT molecular complexity index is 893. The lowest BCUT2D eigenvalue weighted by Crippen LogP contribution is -2.42. The molecule has 0 aliphatic heterocycles. The van der Waals surface area contributed by atoms with E-state index in [-0.39, 0.29) is 17.4 Å². The number of furan rings is 1. The number of hydrogen-bond acceptors (Lipinski definition) is 6. The second-order valence-corrected chi connectivity index (χ2v) is 6.52. The van der Waals surface area contributed by atoms with Gasteiger partial charge in [-0.15, -0.1) is 10.2 Å². The fourth-order valence-electron chi connectivity index (χ4n) is 2.41. The van der Waals surface area contributed by atoms with Gasteiger partial charge in [0.05, 0.1) is 12.0 Å². The van der Waals surface area contributed by atoms with Crippen LogP contribution in [0.15, 0.2) is 58.3 Å². The van der Waals surface area contributed by atoms with E-state index in [1.165, 1.54) is 24.1 Å². The summed E-state index contributed by atoms with van der Waals surface area (Å²) >= 11 is 1.26. The summed E-state index contributed by atoms with van der Waals surface area (Å²) < 4.78 is 6.93. The van der Waals surface area contributed by atoms with Crippen molar-refractivity contribution in [1.29, 1.82) is 0 Å². The highest BCUT2D eigenvalue weighted by molar-refractivity contribution is 7.99. The van der Waals surface area contributed by atoms with Gasteiger partial charge in [-0.3, -0.25) is 20.4 Å². The predicted octanol–water partition coefficient (Wildman–Crippen LogP) is 2.04. The molecule has 0 spiro atoms. The molecule has 0 fully saturated rings. The fraction of sp³-hybridized carbons (Fsp3) is 0.222. The zero-order chi connectivity index (χ0) is 19.1. The SMILES string of the molecule is CCn1c(Cc2ccccc2)nnc1SCC(=O)NNC(=O)c1ccco1. The molecule has 2 aromatic heterocycles. The largest absolute Gasteiger partial charge is 0.459 e. The molecule has 1 aromatic carbocycles. The number of nitrogens with one attached hydrogen (secondary N) is 2. The van der Waals surface area contributed by atoms with Crippen molar-refractivity contribution >= 4 is 23.6 Å². The van der Waals surface area contributed by atoms with Gasteiger partial charge in [-0.1, -0.05) is 42.1 Å². The summed E-state index contributed by atoms with van der Waals surface area (Å²) in [5.41, 5.74) is 5.80. The van der Waals surface area contributed by atoms with E-state index < -0.39 is 5.91 Å². The molecule has 27 heavy (non-hydrogen) atoms. The normalized spacial score (nSPS) is 10.6. The minimum absolute atomic E-state index is 0.0991. The third-order valence-electron chi connectivity index (χ3n) is 3.71. The van der Waals surface area contributed by atoms with Gasteiger partial charge in [-0.25, -0.2) is 0 Å². The zero-order valence-corrected chi connectivity index (χ0v) is 15.5. The van der Waals surface area contributed by atoms with E-state index in [9.17, 15) is 9.59 Å². The molecule has 3 aromatic rings. The predicted molar refractivity (Wildman–Crippen MR) is 100.0 cm³/mol. The molecule has 0 saturated heterocycles. The van der Waals surface area contributed by atoms with Crippen LogP contribution in [0.2, 0.25) is 0 Å². The molecule has 8 nitrogen and oxygen atoms in total. The molecule has 0 bridgehead atoms. The fourth-order valence-corrected chi connectivity index (χ4v) is 3.24. The summed E-state index contributed by atoms with van der Waals surface area (Å²) in [5, 5.41) is 9.09. The number of carbonyl (C=O) groups excluding carboxylic acids is 2. The monoisotopic (exact) mass is 385 g/mol. The molecule has 0 aliphatic rings. The summed E-state index contributed by atoms with van der Waals surface area (Å²) in [6.45, 7) is 2.71. The number of rotatable bonds is 7. The van der Waals surface area contributed by atoms with E-state index in [1.54, 1.807) is 6.07 Å². The standard InChI is InChI=1S/C18H19N5O3S/c1-2-23-15(11-13-7-4-3-5-8-13)19-22-18(23)27-12-16(24)20-21-17(25)14-9-6-10-26-14/h3-10H,2,11-12H2,1H3,(H,20,24)(H,21,25). The van der Waals surface area contributed by atoms with Crippen LogP contribution in [0.5, 0.6) is 0 Å². The van der Waals surface area contributed by atoms with Gasteiger partial charge in [-0.2, -0.15) is 0 Å². The van der Waals surface area contributed by atoms with E-state index in [2.05, 4.69) is 21.0 Å². The third kappa shape index (κ3) is 4.98. The molecular formula is C18H19N5O3S. The van der Waals surface area contributed by atoms with Crippen LogP contribution in [-0.4, -0.2) is 32.3 Å². The third-order valence-corrected chi connectivity index (χ3v) is 4.67. The Hall–Kier alpha value is -3.07. The van der Waals surface area contributed by atoms with E-state index in [4.69, 9.17) is 4.42 Å². The van der Waals surface area contributed by atoms with Crippen molar-refractivity contribution in [3.8, 4) is 0 Å². The molecule has 0 radical (unpaired) electrons. The van der Waals surface area contributed by atoms with Crippen molar-refractivity contribution in [2.45, 2.75) is 25.0 Å². The second kappa shape index (κ2) is 9.04. The van der Waals surface area contributed by atoms with Crippen molar-refractivity contribution < 1.29 is 14.0 Å². The van der Waals surface area contributed by atoms with E-state index in [1.807, 2.05) is 41.8 Å². The topological polar surface area (TPSA) is 102 Å². The maximum absolute atomic E-state index is 12.0. The Morgan fingerprint density at radius 2 is 1.93 bits per heavy atom. The number of aromatic nitrogens is 3. The zero-order valence-electron chi connectivity index (χ0n) is 14.7. The second-order valence-electron chi connectivity index (χ2n) is 5.57. The number of carbonyl (C=O) groups is 2. The number of hydrogen-bond donors (Lipinski definition) is 2. The highest BCUT2D eigenvalue weighted by Crippen LogP contribution is 2.18. The van der Waals surface area contributed by atoms with E-state index >= 15 is 0 Å². The minimum Gasteiger partial charge on any atom is -0.459 e. The molecule has 0 aliphatic carbocycles. The van der Waals surface area contributed by atoms with Crippen LogP contribution in [0, 0.1) is 0 Å². The summed E-state index contributed by atoms with van der Waals surface area (Å²) in [6, 6.07) is 13.1. The lowest BCUT2D eigenvalue weighted by atomic mass is 10.1. The first-order chi connectivity index (χ1) is 13.2. The van der Waals surface area contributed by atoms with Crippen molar-refractivity contribution in [3.63, 3.8) is 0 Å². The average Bonchev–Trinajstić information content (AvgIpc) is 3.35. The number of amides is 2. The molecular weight excluding hydrogens is 366 g/mol. The first-order valence-electron chi connectivity index (χ1n) is 8.39. The van der Waals surface area contributed by atoms with Crippen LogP contribution in [0.4, 0.5) is 0 Å². The highest BCUT2D eigenvalue weighted by atomic mass is 32.2. The molecule has 9 heteroatoms. The van der Waals surface area contributed by atoms with Gasteiger partial charge < -0.3 is 8.98 Å². The summed E-state index contributed by atoms with van der Waals surface area (Å²) in [6.07, 6.45) is 2.06. The summed E-state index contributed by atoms with van der Waals surface area (Å²) in [7, 11) is 0. The molecule has 3 rings (SSSR count). The Balaban J connectivity index is 1.53. The Kier molecular flexibility index (Phi) is 6.26. The van der Waals surface area contributed by atoms with Crippen molar-refractivity contribution in [2.24, 2.45) is 0 Å². The molecule has 140 valence electrons. The van der Waals surface area contributed by atoms with E-state index in [0.29, 0.717) is 18.1 Å². The summed E-state index contributed by atoms with van der Waals surface area (Å²) in [5.74, 6) is 0.203. The molecule has 0 atom stereocenters. The van der Waals surface area contributed by atoms with Gasteiger partial charge in [0.2, 0.25) is 5.91 Å². The Morgan fingerprint density at radius 3 is 2.63 bits per heavy atom. The van der Waals surface area contributed by atoms with Crippen molar-refractivity contribution in [2.75, 3.05) is 5.75 Å². The van der Waals surface area contributed by atoms with Crippen molar-refractivity contribution in [3.05, 3.63) is 65.9 Å². The van der Waals surface area contributed by atoms with Crippen LogP contribution < -0.4 is 10.9 Å². The molecule has 2 amide bonds. The van der Waals surface area contributed by atoms with Gasteiger partial charge in [0.1, 0.15) is 5.82 Å². The molecule has 0 saturated carbocycles.